The molecule has 0 bridgehead atoms. The highest BCUT2D eigenvalue weighted by Crippen LogP contribution is 2.14. The minimum Gasteiger partial charge on any atom is -0.497 e. The van der Waals surface area contributed by atoms with Gasteiger partial charge in [-0.1, -0.05) is 12.2 Å². The number of hydrogen-bond donors (Lipinski definition) is 0. The summed E-state index contributed by atoms with van der Waals surface area (Å²) in [5.41, 5.74) is -0.101. The van der Waals surface area contributed by atoms with Crippen LogP contribution in [0.2, 0.25) is 0 Å². The van der Waals surface area contributed by atoms with Gasteiger partial charge in [-0.2, -0.15) is 0 Å². The van der Waals surface area contributed by atoms with Crippen molar-refractivity contribution >= 4 is 0 Å². The molecule has 0 fully saturated rings. The van der Waals surface area contributed by atoms with Gasteiger partial charge in [0.2, 0.25) is 0 Å². The van der Waals surface area contributed by atoms with Crippen LogP contribution in [0, 0.1) is 0 Å². The van der Waals surface area contributed by atoms with Gasteiger partial charge in [0, 0.05) is 0 Å². The van der Waals surface area contributed by atoms with Crippen molar-refractivity contribution in [1.29, 1.82) is 0 Å². The van der Waals surface area contributed by atoms with E-state index >= 15 is 0 Å². The fourth-order valence-electron chi connectivity index (χ4n) is 2.45. The maximum Gasteiger partial charge on any atom is 0.352 e. The summed E-state index contributed by atoms with van der Waals surface area (Å²) in [7, 11) is 1.57. The topological polar surface area (TPSA) is 58.2 Å². The molecule has 0 amide bonds. The van der Waals surface area contributed by atoms with Crippen LogP contribution in [0.5, 0.6) is 5.75 Å². The molecule has 0 radical (unpaired) electrons. The summed E-state index contributed by atoms with van der Waals surface area (Å²) in [5, 5.41) is 0. The lowest BCUT2D eigenvalue weighted by atomic mass is 10.3. The highest BCUT2D eigenvalue weighted by Gasteiger charge is 2.21. The number of methoxy groups -OCH3 is 1. The molecule has 0 saturated heterocycles. The van der Waals surface area contributed by atoms with E-state index in [1.807, 2.05) is 19.1 Å². The molecule has 6 heteroatoms. The third kappa shape index (κ3) is 1.72. The van der Waals surface area contributed by atoms with E-state index in [-0.39, 0.29) is 17.4 Å². The Labute approximate surface area is 115 Å². The molecular formula is C14H15N3O3. The maximum absolute atomic E-state index is 12.4. The Kier molecular flexibility index (Phi) is 2.85. The van der Waals surface area contributed by atoms with Crippen molar-refractivity contribution in [2.24, 2.45) is 0 Å². The SMILES string of the molecule is COc1ccc(-n2c(=O)n3n(c2=O)C(C)C=CC3)cc1. The molecule has 3 rings (SSSR count). The zero-order valence-corrected chi connectivity index (χ0v) is 11.3. The molecule has 6 nitrogen and oxygen atoms in total. The van der Waals surface area contributed by atoms with Crippen LogP contribution in [0.1, 0.15) is 13.0 Å². The zero-order chi connectivity index (χ0) is 14.3. The number of allylic oxidation sites excluding steroid dienone is 2. The molecule has 20 heavy (non-hydrogen) atoms. The Morgan fingerprint density at radius 1 is 1.15 bits per heavy atom. The summed E-state index contributed by atoms with van der Waals surface area (Å²) in [6.07, 6.45) is 3.81. The Balaban J connectivity index is 2.20. The Hall–Kier alpha value is -2.50. The molecule has 0 N–H and O–H groups in total. The van der Waals surface area contributed by atoms with Gasteiger partial charge in [-0.15, -0.1) is 0 Å². The van der Waals surface area contributed by atoms with Crippen LogP contribution in [-0.2, 0) is 6.54 Å². The molecule has 1 aliphatic heterocycles. The van der Waals surface area contributed by atoms with Gasteiger partial charge in [-0.25, -0.2) is 23.5 Å². The number of rotatable bonds is 2. The largest absolute Gasteiger partial charge is 0.497 e. The summed E-state index contributed by atoms with van der Waals surface area (Å²) in [6.45, 7) is 2.30. The quantitative estimate of drug-likeness (QED) is 0.765. The van der Waals surface area contributed by atoms with Crippen molar-refractivity contribution in [3.63, 3.8) is 0 Å². The van der Waals surface area contributed by atoms with Crippen molar-refractivity contribution in [3.05, 3.63) is 57.4 Å². The number of aromatic nitrogens is 3. The number of ether oxygens (including phenoxy) is 1. The van der Waals surface area contributed by atoms with Crippen LogP contribution in [0.3, 0.4) is 0 Å². The molecule has 0 saturated carbocycles. The molecule has 0 aliphatic carbocycles. The van der Waals surface area contributed by atoms with Crippen LogP contribution in [0.25, 0.3) is 5.69 Å². The van der Waals surface area contributed by atoms with Crippen molar-refractivity contribution in [1.82, 2.24) is 13.9 Å². The van der Waals surface area contributed by atoms with Crippen LogP contribution < -0.4 is 16.1 Å². The van der Waals surface area contributed by atoms with Gasteiger partial charge in [0.05, 0.1) is 25.4 Å². The first-order valence-electron chi connectivity index (χ1n) is 6.39. The first-order valence-corrected chi connectivity index (χ1v) is 6.39. The van der Waals surface area contributed by atoms with Crippen molar-refractivity contribution < 1.29 is 4.74 Å². The van der Waals surface area contributed by atoms with Gasteiger partial charge in [-0.3, -0.25) is 0 Å². The van der Waals surface area contributed by atoms with E-state index in [0.29, 0.717) is 18.0 Å². The van der Waals surface area contributed by atoms with Crippen LogP contribution >= 0.6 is 0 Å². The Morgan fingerprint density at radius 2 is 1.85 bits per heavy atom. The first kappa shape index (κ1) is 12.5. The van der Waals surface area contributed by atoms with E-state index in [2.05, 4.69) is 0 Å². The van der Waals surface area contributed by atoms with Gasteiger partial charge in [-0.05, 0) is 31.2 Å². The summed E-state index contributed by atoms with van der Waals surface area (Å²) in [5.74, 6) is 0.681. The van der Waals surface area contributed by atoms with Crippen LogP contribution in [-0.4, -0.2) is 21.0 Å². The second-order valence-electron chi connectivity index (χ2n) is 4.69. The lowest BCUT2D eigenvalue weighted by Gasteiger charge is -2.16. The number of benzene rings is 1. The van der Waals surface area contributed by atoms with E-state index < -0.39 is 0 Å². The molecular weight excluding hydrogens is 258 g/mol. The minimum absolute atomic E-state index is 0.122. The van der Waals surface area contributed by atoms with Crippen molar-refractivity contribution in [2.75, 3.05) is 7.11 Å². The smallest absolute Gasteiger partial charge is 0.352 e. The van der Waals surface area contributed by atoms with E-state index in [4.69, 9.17) is 4.74 Å². The zero-order valence-electron chi connectivity index (χ0n) is 11.3. The standard InChI is InChI=1S/C14H15N3O3/c1-10-4-3-9-15-13(18)16(14(19)17(10)15)11-5-7-12(20-2)8-6-11/h3-8,10H,9H2,1-2H3. The molecule has 2 aromatic rings. The minimum atomic E-state index is -0.323. The third-order valence-electron chi connectivity index (χ3n) is 3.47. The average molecular weight is 273 g/mol. The highest BCUT2D eigenvalue weighted by atomic mass is 16.5. The molecule has 1 aromatic heterocycles. The fourth-order valence-corrected chi connectivity index (χ4v) is 2.45. The van der Waals surface area contributed by atoms with Gasteiger partial charge >= 0.3 is 11.4 Å². The van der Waals surface area contributed by atoms with Gasteiger partial charge in [0.1, 0.15) is 5.75 Å². The maximum atomic E-state index is 12.4. The number of hydrogen-bond acceptors (Lipinski definition) is 3. The third-order valence-corrected chi connectivity index (χ3v) is 3.47. The summed E-state index contributed by atoms with van der Waals surface area (Å²) in [4.78, 5) is 24.8. The molecule has 1 unspecified atom stereocenters. The van der Waals surface area contributed by atoms with E-state index in [0.717, 1.165) is 0 Å². The van der Waals surface area contributed by atoms with Gasteiger partial charge in [0.15, 0.2) is 0 Å². The van der Waals surface area contributed by atoms with Crippen LogP contribution in [0.15, 0.2) is 46.0 Å². The number of nitrogens with zero attached hydrogens (tertiary/aromatic N) is 3. The molecule has 2 heterocycles. The lowest BCUT2D eigenvalue weighted by Crippen LogP contribution is -2.30. The molecule has 1 atom stereocenters. The van der Waals surface area contributed by atoms with Crippen molar-refractivity contribution in [2.45, 2.75) is 19.5 Å². The monoisotopic (exact) mass is 273 g/mol. The summed E-state index contributed by atoms with van der Waals surface area (Å²) in [6, 6.07) is 6.73. The van der Waals surface area contributed by atoms with Gasteiger partial charge < -0.3 is 4.74 Å². The second kappa shape index (κ2) is 4.56. The molecule has 1 aliphatic rings. The molecule has 1 aromatic carbocycles. The second-order valence-corrected chi connectivity index (χ2v) is 4.69. The molecule has 104 valence electrons. The highest BCUT2D eigenvalue weighted by molar-refractivity contribution is 5.37. The van der Waals surface area contributed by atoms with E-state index in [1.165, 1.54) is 13.9 Å². The fraction of sp³-hybridized carbons (Fsp3) is 0.286. The Bertz CT molecular complexity index is 777. The Morgan fingerprint density at radius 3 is 2.45 bits per heavy atom. The lowest BCUT2D eigenvalue weighted by molar-refractivity contribution is 0.414. The van der Waals surface area contributed by atoms with Gasteiger partial charge in [0.25, 0.3) is 0 Å². The number of fused-ring (bicyclic) bond motifs is 1. The van der Waals surface area contributed by atoms with E-state index in [1.54, 1.807) is 31.4 Å². The summed E-state index contributed by atoms with van der Waals surface area (Å²) < 4.78 is 9.20. The molecule has 0 spiro atoms. The van der Waals surface area contributed by atoms with Crippen molar-refractivity contribution in [3.8, 4) is 11.4 Å². The average Bonchev–Trinajstić information content (AvgIpc) is 2.72. The first-order chi connectivity index (χ1) is 9.63. The normalized spacial score (nSPS) is 17.0. The van der Waals surface area contributed by atoms with E-state index in [9.17, 15) is 9.59 Å². The predicted molar refractivity (Wildman–Crippen MR) is 74.7 cm³/mol. The predicted octanol–water partition coefficient (Wildman–Crippen LogP) is 0.940. The van der Waals surface area contributed by atoms with Crippen LogP contribution in [0.4, 0.5) is 0 Å². The summed E-state index contributed by atoms with van der Waals surface area (Å²) >= 11 is 0.